The van der Waals surface area contributed by atoms with E-state index in [9.17, 15) is 0 Å². The quantitative estimate of drug-likeness (QED) is 0.490. The highest BCUT2D eigenvalue weighted by atomic mass is 31.0. The van der Waals surface area contributed by atoms with Gasteiger partial charge in [0.2, 0.25) is 0 Å². The Morgan fingerprint density at radius 1 is 0.609 bits per heavy atom. The van der Waals surface area contributed by atoms with Gasteiger partial charge in [0.1, 0.15) is 19.0 Å². The topological polar surface area (TPSA) is 0 Å². The Morgan fingerprint density at radius 3 is 1.74 bits per heavy atom. The van der Waals surface area contributed by atoms with E-state index in [4.69, 9.17) is 0 Å². The summed E-state index contributed by atoms with van der Waals surface area (Å²) in [5.41, 5.74) is 2.76. The van der Waals surface area contributed by atoms with E-state index >= 15 is 0 Å². The van der Waals surface area contributed by atoms with Crippen molar-refractivity contribution in [2.45, 2.75) is 13.8 Å². The van der Waals surface area contributed by atoms with Gasteiger partial charge in [0, 0.05) is 0 Å². The second-order valence-electron chi connectivity index (χ2n) is 5.65. The van der Waals surface area contributed by atoms with Crippen molar-refractivity contribution in [2.24, 2.45) is 0 Å². The molecule has 3 aromatic carbocycles. The molecule has 0 aromatic heterocycles. The lowest BCUT2D eigenvalue weighted by Gasteiger charge is -2.14. The molecule has 0 saturated carbocycles. The van der Waals surface area contributed by atoms with Gasteiger partial charge in [0.25, 0.3) is 0 Å². The first kappa shape index (κ1) is 16.4. The molecule has 112 valence electrons. The molecule has 23 heavy (non-hydrogen) atoms. The van der Waals surface area contributed by atoms with Crippen LogP contribution in [0.4, 0.5) is 0 Å². The number of rotatable bonds is 4. The van der Waals surface area contributed by atoms with Gasteiger partial charge in [-0.05, 0) is 19.2 Å². The van der Waals surface area contributed by atoms with E-state index < -0.39 is 0 Å². The van der Waals surface area contributed by atoms with Gasteiger partial charge in [-0.3, -0.25) is 0 Å². The SMILES string of the molecule is Cc1ccccc1[Si]c1cccc(P)c1[Si]c1ccccc1C. The van der Waals surface area contributed by atoms with Crippen LogP contribution in [0.3, 0.4) is 0 Å². The molecule has 3 rings (SSSR count). The Balaban J connectivity index is 1.97. The number of aryl methyl sites for hydroxylation is 2. The van der Waals surface area contributed by atoms with Gasteiger partial charge in [-0.2, -0.15) is 0 Å². The van der Waals surface area contributed by atoms with E-state index in [1.54, 1.807) is 0 Å². The molecule has 3 aromatic rings. The minimum absolute atomic E-state index is 0.708. The average molecular weight is 347 g/mol. The third-order valence-corrected chi connectivity index (χ3v) is 8.09. The van der Waals surface area contributed by atoms with Gasteiger partial charge in [-0.1, -0.05) is 98.6 Å². The Hall–Kier alpha value is -1.48. The van der Waals surface area contributed by atoms with Crippen LogP contribution in [0.25, 0.3) is 0 Å². The highest BCUT2D eigenvalue weighted by Crippen LogP contribution is 1.95. The molecule has 0 aliphatic carbocycles. The van der Waals surface area contributed by atoms with Crippen LogP contribution in [0.15, 0.2) is 66.7 Å². The van der Waals surface area contributed by atoms with Gasteiger partial charge in [-0.25, -0.2) is 0 Å². The van der Waals surface area contributed by atoms with Crippen LogP contribution in [0.5, 0.6) is 0 Å². The van der Waals surface area contributed by atoms with Crippen LogP contribution in [-0.2, 0) is 0 Å². The average Bonchev–Trinajstić information content (AvgIpc) is 2.54. The van der Waals surface area contributed by atoms with Crippen LogP contribution in [0, 0.1) is 13.8 Å². The van der Waals surface area contributed by atoms with Crippen LogP contribution in [0.1, 0.15) is 11.1 Å². The summed E-state index contributed by atoms with van der Waals surface area (Å²) in [6.45, 7) is 4.41. The second-order valence-corrected chi connectivity index (χ2v) is 8.89. The molecule has 0 spiro atoms. The van der Waals surface area contributed by atoms with Crippen LogP contribution < -0.4 is 26.1 Å². The fourth-order valence-corrected chi connectivity index (χ4v) is 5.90. The summed E-state index contributed by atoms with van der Waals surface area (Å²) in [4.78, 5) is 0. The molecule has 0 aliphatic heterocycles. The summed E-state index contributed by atoms with van der Waals surface area (Å²) < 4.78 is 0. The molecule has 0 amide bonds. The van der Waals surface area contributed by atoms with Crippen molar-refractivity contribution >= 4 is 54.3 Å². The fraction of sp³-hybridized carbons (Fsp3) is 0.100. The van der Waals surface area contributed by atoms with E-state index in [1.165, 1.54) is 37.2 Å². The summed E-state index contributed by atoms with van der Waals surface area (Å²) in [6, 6.07) is 24.1. The zero-order chi connectivity index (χ0) is 16.2. The van der Waals surface area contributed by atoms with Crippen molar-refractivity contribution in [2.75, 3.05) is 0 Å². The van der Waals surface area contributed by atoms with Crippen molar-refractivity contribution in [1.29, 1.82) is 0 Å². The maximum Gasteiger partial charge on any atom is 0.122 e. The van der Waals surface area contributed by atoms with E-state index in [1.807, 2.05) is 0 Å². The maximum atomic E-state index is 2.92. The van der Waals surface area contributed by atoms with Crippen molar-refractivity contribution in [3.63, 3.8) is 0 Å². The lowest BCUT2D eigenvalue weighted by atomic mass is 10.2. The predicted molar refractivity (Wildman–Crippen MR) is 108 cm³/mol. The Kier molecular flexibility index (Phi) is 5.27. The smallest absolute Gasteiger partial charge is 0.106 e. The first-order valence-corrected chi connectivity index (χ1v) is 10.3. The Morgan fingerprint density at radius 2 is 1.13 bits per heavy atom. The first-order valence-electron chi connectivity index (χ1n) is 7.69. The molecular weight excluding hydrogens is 327 g/mol. The van der Waals surface area contributed by atoms with Gasteiger partial charge in [0.05, 0.1) is 0 Å². The predicted octanol–water partition coefficient (Wildman–Crippen LogP) is 1.11. The molecule has 0 N–H and O–H groups in total. The van der Waals surface area contributed by atoms with Crippen molar-refractivity contribution in [3.05, 3.63) is 77.9 Å². The van der Waals surface area contributed by atoms with E-state index in [0.717, 1.165) is 0 Å². The highest BCUT2D eigenvalue weighted by molar-refractivity contribution is 7.29. The molecule has 0 fully saturated rings. The van der Waals surface area contributed by atoms with Crippen LogP contribution >= 0.6 is 9.24 Å². The van der Waals surface area contributed by atoms with E-state index in [2.05, 4.69) is 89.8 Å². The molecule has 4 radical (unpaired) electrons. The minimum Gasteiger partial charge on any atom is -0.106 e. The summed E-state index contributed by atoms with van der Waals surface area (Å²) in [6.07, 6.45) is 0. The Labute approximate surface area is 146 Å². The largest absolute Gasteiger partial charge is 0.122 e. The third kappa shape index (κ3) is 3.89. The maximum absolute atomic E-state index is 2.92. The summed E-state index contributed by atoms with van der Waals surface area (Å²) in [5, 5.41) is 7.16. The normalized spacial score (nSPS) is 10.7. The van der Waals surface area contributed by atoms with Gasteiger partial charge in [0.15, 0.2) is 0 Å². The molecule has 3 heteroatoms. The third-order valence-electron chi connectivity index (χ3n) is 3.92. The van der Waals surface area contributed by atoms with Crippen molar-refractivity contribution in [1.82, 2.24) is 0 Å². The number of hydrogen-bond acceptors (Lipinski definition) is 0. The molecule has 0 saturated heterocycles. The zero-order valence-corrected chi connectivity index (χ0v) is 16.6. The van der Waals surface area contributed by atoms with Gasteiger partial charge < -0.3 is 0 Å². The molecule has 1 unspecified atom stereocenters. The number of benzene rings is 3. The lowest BCUT2D eigenvalue weighted by Crippen LogP contribution is -2.50. The fourth-order valence-electron chi connectivity index (χ4n) is 2.52. The van der Waals surface area contributed by atoms with Gasteiger partial charge >= 0.3 is 0 Å². The number of hydrogen-bond donors (Lipinski definition) is 0. The molecule has 0 heterocycles. The summed E-state index contributed by atoms with van der Waals surface area (Å²) >= 11 is 0. The molecule has 0 nitrogen and oxygen atoms in total. The summed E-state index contributed by atoms with van der Waals surface area (Å²) in [5.74, 6) is 0. The minimum atomic E-state index is 0.708. The van der Waals surface area contributed by atoms with E-state index in [0.29, 0.717) is 19.0 Å². The molecular formula is C20H19PSi2. The van der Waals surface area contributed by atoms with Crippen molar-refractivity contribution in [3.8, 4) is 0 Å². The van der Waals surface area contributed by atoms with Crippen LogP contribution in [-0.4, -0.2) is 19.0 Å². The molecule has 1 atom stereocenters. The van der Waals surface area contributed by atoms with Crippen LogP contribution in [0.2, 0.25) is 0 Å². The highest BCUT2D eigenvalue weighted by Gasteiger charge is 2.11. The van der Waals surface area contributed by atoms with E-state index in [-0.39, 0.29) is 0 Å². The molecule has 0 bridgehead atoms. The Bertz CT molecular complexity index is 827. The summed E-state index contributed by atoms with van der Waals surface area (Å²) in [7, 11) is 4.34. The molecule has 0 aliphatic rings. The standard InChI is InChI=1S/C20H19PSi2/c1-14-8-3-5-11-17(14)22-19-13-7-10-16(21)20(19)23-18-12-6-4-9-15(18)2/h3-13H,21H2,1-2H3. The second kappa shape index (κ2) is 7.40. The monoisotopic (exact) mass is 346 g/mol. The first-order chi connectivity index (χ1) is 11.1. The van der Waals surface area contributed by atoms with Crippen molar-refractivity contribution < 1.29 is 0 Å². The van der Waals surface area contributed by atoms with Gasteiger partial charge in [-0.15, -0.1) is 9.24 Å². The zero-order valence-electron chi connectivity index (χ0n) is 13.4. The lowest BCUT2D eigenvalue weighted by molar-refractivity contribution is 1.51.